The van der Waals surface area contributed by atoms with Crippen molar-refractivity contribution in [2.24, 2.45) is 0 Å². The highest BCUT2D eigenvalue weighted by molar-refractivity contribution is 7.86. The third-order valence-corrected chi connectivity index (χ3v) is 15.0. The molecule has 64 heavy (non-hydrogen) atoms. The minimum atomic E-state index is -4.73. The Morgan fingerprint density at radius 1 is 0.766 bits per heavy atom. The van der Waals surface area contributed by atoms with Crippen LogP contribution in [-0.4, -0.2) is 123 Å². The smallest absolute Gasteiger partial charge is 0.333 e. The first kappa shape index (κ1) is 50.6. The summed E-state index contributed by atoms with van der Waals surface area (Å²) in [6.07, 6.45) is 6.35. The third-order valence-electron chi connectivity index (χ3n) is 11.7. The van der Waals surface area contributed by atoms with Crippen LogP contribution in [-0.2, 0) is 75.3 Å². The van der Waals surface area contributed by atoms with E-state index in [4.69, 9.17) is 9.57 Å². The van der Waals surface area contributed by atoms with Gasteiger partial charge in [-0.05, 0) is 87.9 Å². The van der Waals surface area contributed by atoms with E-state index in [1.54, 1.807) is 35.8 Å². The molecule has 3 aliphatic heterocycles. The second kappa shape index (κ2) is 19.6. The van der Waals surface area contributed by atoms with Crippen LogP contribution in [0.15, 0.2) is 70.1 Å². The molecule has 0 aromatic heterocycles. The Morgan fingerprint density at radius 2 is 1.36 bits per heavy atom. The normalized spacial score (nSPS) is 21.1. The van der Waals surface area contributed by atoms with Gasteiger partial charge in [0.25, 0.3) is 52.3 Å². The highest BCUT2D eigenvalue weighted by Gasteiger charge is 2.48. The van der Waals surface area contributed by atoms with Crippen LogP contribution >= 0.6 is 0 Å². The molecule has 2 unspecified atom stereocenters. The Bertz CT molecular complexity index is 2720. The minimum Gasteiger partial charge on any atom is -0.385 e. The van der Waals surface area contributed by atoms with E-state index >= 15 is 0 Å². The van der Waals surface area contributed by atoms with E-state index in [-0.39, 0.29) is 56.6 Å². The van der Waals surface area contributed by atoms with Crippen molar-refractivity contribution in [2.45, 2.75) is 98.7 Å². The van der Waals surface area contributed by atoms with E-state index in [1.165, 1.54) is 31.4 Å². The van der Waals surface area contributed by atoms with Crippen LogP contribution in [0.4, 0.5) is 11.4 Å². The Balaban J connectivity index is 1.57. The van der Waals surface area contributed by atoms with Crippen LogP contribution in [0.2, 0.25) is 0 Å². The molecule has 24 heteroatoms. The fraction of sp³-hybridized carbons (Fsp3) is 0.500. The second-order valence-corrected chi connectivity index (χ2v) is 22.2. The van der Waals surface area contributed by atoms with Gasteiger partial charge in [-0.3, -0.25) is 27.8 Å². The second-order valence-electron chi connectivity index (χ2n) is 16.2. The molecule has 352 valence electrons. The molecule has 0 radical (unpaired) electrons. The first-order valence-electron chi connectivity index (χ1n) is 20.2. The van der Waals surface area contributed by atoms with Crippen molar-refractivity contribution < 1.29 is 80.4 Å². The van der Waals surface area contributed by atoms with Crippen molar-refractivity contribution in [3.8, 4) is 0 Å². The van der Waals surface area contributed by atoms with Gasteiger partial charge in [-0.2, -0.15) is 38.2 Å². The zero-order valence-corrected chi connectivity index (χ0v) is 38.6. The summed E-state index contributed by atoms with van der Waals surface area (Å²) in [7, 11) is -16.7. The highest BCUT2D eigenvalue weighted by Crippen LogP contribution is 2.51. The molecule has 3 heterocycles. The van der Waals surface area contributed by atoms with Crippen LogP contribution in [0, 0.1) is 0 Å². The Labute approximate surface area is 372 Å². The number of methoxy groups -OCH3 is 1. The molecule has 2 aromatic carbocycles. The van der Waals surface area contributed by atoms with Crippen molar-refractivity contribution in [3.05, 3.63) is 71.5 Å². The maximum absolute atomic E-state index is 12.5. The number of anilines is 1. The van der Waals surface area contributed by atoms with Crippen LogP contribution < -0.4 is 4.90 Å². The van der Waals surface area contributed by atoms with Crippen LogP contribution in [0.5, 0.6) is 0 Å². The van der Waals surface area contributed by atoms with Crippen molar-refractivity contribution >= 4 is 75.3 Å². The SMILES string of the molecule is COCCC1(C)C(=CC=CC2=[N+](CCCS(=O)(=O)O)c3ccc(S(=O)(=O)O)cc3C2(C)CCCS(=O)(=O)O)N(CCCCCC(=O)ON2C(=O)CCC2=O)c2ccc(S(=O)(=O)O)cc21. The molecule has 4 N–H and O–H groups in total. The van der Waals surface area contributed by atoms with E-state index in [0.717, 1.165) is 6.07 Å². The molecule has 3 aliphatic rings. The lowest BCUT2D eigenvalue weighted by molar-refractivity contribution is -0.437. The van der Waals surface area contributed by atoms with Gasteiger partial charge in [-0.25, -0.2) is 4.79 Å². The number of nitrogens with zero attached hydrogens (tertiary/aromatic N) is 3. The molecule has 2 amide bonds. The lowest BCUT2D eigenvalue weighted by atomic mass is 9.75. The zero-order valence-electron chi connectivity index (χ0n) is 35.4. The molecular formula is C40H52N3O17S4+. The molecule has 2 atom stereocenters. The van der Waals surface area contributed by atoms with Crippen molar-refractivity contribution in [2.75, 3.05) is 43.2 Å². The maximum Gasteiger partial charge on any atom is 0.333 e. The summed E-state index contributed by atoms with van der Waals surface area (Å²) in [5.74, 6) is -3.21. The van der Waals surface area contributed by atoms with E-state index in [9.17, 15) is 66.3 Å². The highest BCUT2D eigenvalue weighted by atomic mass is 32.2. The van der Waals surface area contributed by atoms with Gasteiger partial charge in [-0.15, -0.1) is 5.06 Å². The summed E-state index contributed by atoms with van der Waals surface area (Å²) in [5.41, 5.74) is 0.811. The fourth-order valence-corrected chi connectivity index (χ4v) is 10.5. The number of fused-ring (bicyclic) bond motifs is 2. The molecule has 0 bridgehead atoms. The quantitative estimate of drug-likeness (QED) is 0.0563. The molecule has 20 nitrogen and oxygen atoms in total. The van der Waals surface area contributed by atoms with E-state index < -0.39 is 85.5 Å². The number of allylic oxidation sites excluding steroid dienone is 4. The number of hydrogen-bond acceptors (Lipinski definition) is 14. The minimum absolute atomic E-state index is 0.0134. The zero-order chi connectivity index (χ0) is 47.5. The molecule has 2 aromatic rings. The number of unbranched alkanes of at least 4 members (excludes halogenated alkanes) is 2. The Hall–Kier alpha value is -4.40. The number of amides is 2. The average Bonchev–Trinajstić information content (AvgIpc) is 3.71. The molecule has 0 aliphatic carbocycles. The van der Waals surface area contributed by atoms with Crippen molar-refractivity contribution in [3.63, 3.8) is 0 Å². The van der Waals surface area contributed by atoms with Gasteiger partial charge in [0.2, 0.25) is 5.69 Å². The average molecular weight is 975 g/mol. The number of hydrogen-bond donors (Lipinski definition) is 4. The number of ether oxygens (including phenoxy) is 1. The monoisotopic (exact) mass is 974 g/mol. The number of benzene rings is 2. The van der Waals surface area contributed by atoms with Gasteiger partial charge in [-0.1, -0.05) is 12.5 Å². The molecule has 0 saturated carbocycles. The van der Waals surface area contributed by atoms with Gasteiger partial charge < -0.3 is 14.5 Å². The lowest BCUT2D eigenvalue weighted by Crippen LogP contribution is -2.32. The lowest BCUT2D eigenvalue weighted by Gasteiger charge is -2.30. The van der Waals surface area contributed by atoms with Gasteiger partial charge in [0.05, 0.1) is 26.7 Å². The summed E-state index contributed by atoms with van der Waals surface area (Å²) < 4.78 is 143. The molecule has 0 spiro atoms. The fourth-order valence-electron chi connectivity index (χ4n) is 8.46. The third kappa shape index (κ3) is 11.9. The van der Waals surface area contributed by atoms with Crippen LogP contribution in [0.3, 0.4) is 0 Å². The van der Waals surface area contributed by atoms with Crippen LogP contribution in [0.25, 0.3) is 0 Å². The van der Waals surface area contributed by atoms with Gasteiger partial charge in [0, 0.05) is 80.4 Å². The number of carbonyl (C=O) groups excluding carboxylic acids is 3. The molecule has 1 fully saturated rings. The van der Waals surface area contributed by atoms with Crippen molar-refractivity contribution in [1.29, 1.82) is 0 Å². The van der Waals surface area contributed by atoms with E-state index in [2.05, 4.69) is 0 Å². The molecule has 1 saturated heterocycles. The number of hydroxylamine groups is 2. The largest absolute Gasteiger partial charge is 0.385 e. The van der Waals surface area contributed by atoms with Gasteiger partial charge >= 0.3 is 5.97 Å². The number of imide groups is 1. The molecule has 5 rings (SSSR count). The summed E-state index contributed by atoms with van der Waals surface area (Å²) >= 11 is 0. The molecular weight excluding hydrogens is 923 g/mol. The Kier molecular flexibility index (Phi) is 15.5. The topological polar surface area (TPSA) is 297 Å². The first-order chi connectivity index (χ1) is 29.7. The van der Waals surface area contributed by atoms with Crippen molar-refractivity contribution in [1.82, 2.24) is 5.06 Å². The van der Waals surface area contributed by atoms with Gasteiger partial charge in [0.1, 0.15) is 6.54 Å². The predicted octanol–water partition coefficient (Wildman–Crippen LogP) is 3.90. The predicted molar refractivity (Wildman–Crippen MR) is 230 cm³/mol. The maximum atomic E-state index is 12.5. The standard InChI is InChI=1S/C40H51N3O17S4/c1-39(19-8-24-61(47,48)49)30-26-28(63(53,54)55)13-15-32(30)42(22-9-25-62(50,51)52)34(39)10-7-11-35-40(2,20-23-59-3)31-27-29(64(56,57)58)14-16-33(31)41(35)21-6-4-5-12-38(46)60-43-36(44)17-18-37(43)45/h7,10-11,13-16,26-27H,4-6,8-9,12,17-25H2,1-3H3,(H3-,47,48,49,50,51,52,53,54,55,56,57,58)/p+1. The number of carbonyl (C=O) groups is 3. The van der Waals surface area contributed by atoms with E-state index in [1.807, 2.05) is 11.8 Å². The Morgan fingerprint density at radius 3 is 1.95 bits per heavy atom. The summed E-state index contributed by atoms with van der Waals surface area (Å²) in [4.78, 5) is 42.3. The first-order valence-corrected chi connectivity index (χ1v) is 26.3. The van der Waals surface area contributed by atoms with E-state index in [0.29, 0.717) is 71.2 Å². The number of rotatable bonds is 22. The van der Waals surface area contributed by atoms with Crippen LogP contribution in [0.1, 0.15) is 89.2 Å². The summed E-state index contributed by atoms with van der Waals surface area (Å²) in [6.45, 7) is 4.08. The summed E-state index contributed by atoms with van der Waals surface area (Å²) in [5, 5.41) is 0.482. The summed E-state index contributed by atoms with van der Waals surface area (Å²) in [6, 6.07) is 8.03. The van der Waals surface area contributed by atoms with Gasteiger partial charge in [0.15, 0.2) is 5.71 Å².